The van der Waals surface area contributed by atoms with Crippen LogP contribution < -0.4 is 15.0 Å². The number of aromatic amines is 1. The molecule has 1 N–H and O–H groups in total. The molecule has 2 fully saturated rings. The molecule has 0 spiro atoms. The van der Waals surface area contributed by atoms with Crippen molar-refractivity contribution in [1.29, 1.82) is 0 Å². The topological polar surface area (TPSA) is 61.0 Å². The second-order valence-electron chi connectivity index (χ2n) is 11.3. The molecule has 3 aliphatic heterocycles. The minimum absolute atomic E-state index is 0.0115. The molecule has 2 aromatic carbocycles. The van der Waals surface area contributed by atoms with Crippen molar-refractivity contribution in [2.75, 3.05) is 65.6 Å². The highest BCUT2D eigenvalue weighted by Gasteiger charge is 2.28. The molecule has 3 aromatic rings. The number of H-pyrrole nitrogens is 1. The van der Waals surface area contributed by atoms with Crippen LogP contribution in [-0.2, 0) is 6.42 Å². The van der Waals surface area contributed by atoms with Gasteiger partial charge in [-0.3, -0.25) is 14.6 Å². The van der Waals surface area contributed by atoms with Gasteiger partial charge in [0.1, 0.15) is 13.2 Å². The number of hydrogen-bond donors (Lipinski definition) is 1. The second kappa shape index (κ2) is 12.1. The predicted molar refractivity (Wildman–Crippen MR) is 156 cm³/mol. The number of hydrogen-bond acceptors (Lipinski definition) is 6. The number of aryl methyl sites for hydroxylation is 1. The number of rotatable bonds is 7. The molecule has 39 heavy (non-hydrogen) atoms. The molecule has 6 rings (SSSR count). The Labute approximate surface area is 231 Å². The van der Waals surface area contributed by atoms with Crippen LogP contribution in [0.3, 0.4) is 0 Å². The highest BCUT2D eigenvalue weighted by atomic mass is 16.6. The Morgan fingerprint density at radius 1 is 0.769 bits per heavy atom. The number of ether oxygens (including phenoxy) is 2. The lowest BCUT2D eigenvalue weighted by molar-refractivity contribution is 0.0993. The average molecular weight is 531 g/mol. The van der Waals surface area contributed by atoms with Gasteiger partial charge < -0.3 is 19.4 Å². The van der Waals surface area contributed by atoms with Crippen LogP contribution in [0.15, 0.2) is 47.3 Å². The second-order valence-corrected chi connectivity index (χ2v) is 11.3. The first-order valence-electron chi connectivity index (χ1n) is 14.9. The fourth-order valence-electron chi connectivity index (χ4n) is 6.43. The van der Waals surface area contributed by atoms with E-state index < -0.39 is 0 Å². The summed E-state index contributed by atoms with van der Waals surface area (Å²) < 4.78 is 11.8. The summed E-state index contributed by atoms with van der Waals surface area (Å²) >= 11 is 0. The Balaban J connectivity index is 1.24. The summed E-state index contributed by atoms with van der Waals surface area (Å²) in [5.41, 5.74) is 4.19. The van der Waals surface area contributed by atoms with E-state index >= 15 is 0 Å². The van der Waals surface area contributed by atoms with Crippen LogP contribution in [0.1, 0.15) is 55.3 Å². The number of nitrogens with one attached hydrogen (secondary N) is 1. The van der Waals surface area contributed by atoms with Gasteiger partial charge >= 0.3 is 0 Å². The van der Waals surface area contributed by atoms with Crippen LogP contribution in [0.5, 0.6) is 11.5 Å². The molecule has 0 saturated carbocycles. The molecule has 0 amide bonds. The Morgan fingerprint density at radius 3 is 2.18 bits per heavy atom. The first kappa shape index (κ1) is 26.4. The Bertz CT molecular complexity index is 1320. The number of likely N-dealkylation sites (tertiary alicyclic amines) is 1. The van der Waals surface area contributed by atoms with Crippen molar-refractivity contribution in [2.45, 2.75) is 45.1 Å². The molecule has 3 aliphatic rings. The Kier molecular flexibility index (Phi) is 8.18. The maximum Gasteiger partial charge on any atom is 0.251 e. The highest BCUT2D eigenvalue weighted by Crippen LogP contribution is 2.37. The molecule has 1 atom stereocenters. The van der Waals surface area contributed by atoms with Crippen molar-refractivity contribution < 1.29 is 9.47 Å². The van der Waals surface area contributed by atoms with Gasteiger partial charge in [-0.05, 0) is 79.2 Å². The van der Waals surface area contributed by atoms with Crippen LogP contribution in [-0.4, -0.2) is 85.3 Å². The number of pyridine rings is 1. The van der Waals surface area contributed by atoms with Crippen molar-refractivity contribution in [1.82, 2.24) is 19.7 Å². The largest absolute Gasteiger partial charge is 0.486 e. The molecule has 0 aliphatic carbocycles. The molecular formula is C32H42N4O3. The van der Waals surface area contributed by atoms with Crippen molar-refractivity contribution >= 4 is 10.9 Å². The van der Waals surface area contributed by atoms with E-state index in [1.807, 2.05) is 6.92 Å². The average Bonchev–Trinajstić information content (AvgIpc) is 3.25. The minimum atomic E-state index is 0.0115. The van der Waals surface area contributed by atoms with Gasteiger partial charge in [-0.15, -0.1) is 0 Å². The quantitative estimate of drug-likeness (QED) is 0.487. The van der Waals surface area contributed by atoms with Gasteiger partial charge in [-0.25, -0.2) is 0 Å². The van der Waals surface area contributed by atoms with Gasteiger partial charge in [0, 0.05) is 50.3 Å². The summed E-state index contributed by atoms with van der Waals surface area (Å²) in [5, 5.41) is 1.09. The maximum atomic E-state index is 12.4. The first-order chi connectivity index (χ1) is 19.2. The molecule has 1 aromatic heterocycles. The van der Waals surface area contributed by atoms with E-state index in [4.69, 9.17) is 9.47 Å². The van der Waals surface area contributed by atoms with Crippen molar-refractivity contribution in [3.05, 3.63) is 69.5 Å². The third kappa shape index (κ3) is 6.01. The molecule has 1 unspecified atom stereocenters. The zero-order valence-electron chi connectivity index (χ0n) is 23.3. The summed E-state index contributed by atoms with van der Waals surface area (Å²) in [6, 6.07) is 15.1. The van der Waals surface area contributed by atoms with Crippen LogP contribution in [0.4, 0.5) is 0 Å². The fraction of sp³-hybridized carbons (Fsp3) is 0.531. The lowest BCUT2D eigenvalue weighted by atomic mass is 9.94. The van der Waals surface area contributed by atoms with Crippen LogP contribution in [0.25, 0.3) is 10.9 Å². The standard InChI is InChI=1S/C32H42N4O3/c1-2-24-21-27-22-25(7-9-28(27)33-32(24)37)31(26-8-10-29-30(23-26)39-20-19-38-29)36-17-15-35(16-18-36)14-13-34-11-5-3-4-6-12-34/h7-10,21-23,31H,2-6,11-20H2,1H3,(H,33,37). The lowest BCUT2D eigenvalue weighted by Gasteiger charge is -2.40. The van der Waals surface area contributed by atoms with Gasteiger partial charge in [0.05, 0.1) is 6.04 Å². The number of benzene rings is 2. The van der Waals surface area contributed by atoms with Crippen molar-refractivity contribution in [2.24, 2.45) is 0 Å². The van der Waals surface area contributed by atoms with Crippen LogP contribution >= 0.6 is 0 Å². The molecule has 4 heterocycles. The molecule has 2 saturated heterocycles. The summed E-state index contributed by atoms with van der Waals surface area (Å²) in [6.07, 6.45) is 6.21. The van der Waals surface area contributed by atoms with E-state index in [2.05, 4.69) is 62.1 Å². The van der Waals surface area contributed by atoms with Gasteiger partial charge in [-0.1, -0.05) is 31.9 Å². The first-order valence-corrected chi connectivity index (χ1v) is 14.9. The minimum Gasteiger partial charge on any atom is -0.486 e. The van der Waals surface area contributed by atoms with Gasteiger partial charge in [-0.2, -0.15) is 0 Å². The summed E-state index contributed by atoms with van der Waals surface area (Å²) in [5.74, 6) is 1.66. The van der Waals surface area contributed by atoms with E-state index in [1.165, 1.54) is 56.4 Å². The lowest BCUT2D eigenvalue weighted by Crippen LogP contribution is -2.49. The van der Waals surface area contributed by atoms with Crippen LogP contribution in [0.2, 0.25) is 0 Å². The molecule has 7 heteroatoms. The Morgan fingerprint density at radius 2 is 1.44 bits per heavy atom. The number of fused-ring (bicyclic) bond motifs is 2. The van der Waals surface area contributed by atoms with Crippen molar-refractivity contribution in [3.8, 4) is 11.5 Å². The third-order valence-electron chi connectivity index (χ3n) is 8.73. The zero-order valence-corrected chi connectivity index (χ0v) is 23.3. The van der Waals surface area contributed by atoms with Crippen molar-refractivity contribution in [3.63, 3.8) is 0 Å². The summed E-state index contributed by atoms with van der Waals surface area (Å²) in [6.45, 7) is 12.3. The summed E-state index contributed by atoms with van der Waals surface area (Å²) in [7, 11) is 0. The zero-order chi connectivity index (χ0) is 26.6. The molecule has 208 valence electrons. The number of nitrogens with zero attached hydrogens (tertiary/aromatic N) is 3. The van der Waals surface area contributed by atoms with E-state index in [0.717, 1.165) is 67.1 Å². The molecule has 0 radical (unpaired) electrons. The predicted octanol–water partition coefficient (Wildman–Crippen LogP) is 4.44. The van der Waals surface area contributed by atoms with E-state index in [-0.39, 0.29) is 11.6 Å². The normalized spacial score (nSPS) is 20.1. The van der Waals surface area contributed by atoms with Gasteiger partial charge in [0.25, 0.3) is 5.56 Å². The molecular weight excluding hydrogens is 488 g/mol. The monoisotopic (exact) mass is 530 g/mol. The highest BCUT2D eigenvalue weighted by molar-refractivity contribution is 5.80. The number of aromatic nitrogens is 1. The van der Waals surface area contributed by atoms with E-state index in [0.29, 0.717) is 13.2 Å². The van der Waals surface area contributed by atoms with E-state index in [9.17, 15) is 4.79 Å². The smallest absolute Gasteiger partial charge is 0.251 e. The molecule has 7 nitrogen and oxygen atoms in total. The van der Waals surface area contributed by atoms with Gasteiger partial charge in [0.2, 0.25) is 0 Å². The SMILES string of the molecule is CCc1cc2cc(C(c3ccc4c(c3)OCCO4)N3CCN(CCN4CCCCCC4)CC3)ccc2[nH]c1=O. The Hall–Kier alpha value is -2.87. The van der Waals surface area contributed by atoms with Crippen LogP contribution in [0, 0.1) is 0 Å². The van der Waals surface area contributed by atoms with E-state index in [1.54, 1.807) is 0 Å². The van der Waals surface area contributed by atoms with Gasteiger partial charge in [0.15, 0.2) is 11.5 Å². The number of piperazine rings is 1. The fourth-order valence-corrected chi connectivity index (χ4v) is 6.43. The summed E-state index contributed by atoms with van der Waals surface area (Å²) in [4.78, 5) is 23.4. The third-order valence-corrected chi connectivity index (χ3v) is 8.73. The molecule has 0 bridgehead atoms. The maximum absolute atomic E-state index is 12.4.